The fraction of sp³-hybridized carbons (Fsp3) is 0.364. The summed E-state index contributed by atoms with van der Waals surface area (Å²) >= 11 is 1.90. The average molecular weight is 371 g/mol. The van der Waals surface area contributed by atoms with Crippen molar-refractivity contribution in [2.75, 3.05) is 26.2 Å². The molecule has 0 radical (unpaired) electrons. The van der Waals surface area contributed by atoms with Crippen LogP contribution in [0.15, 0.2) is 18.2 Å². The molecule has 0 aliphatic carbocycles. The number of rotatable bonds is 1. The van der Waals surface area contributed by atoms with E-state index in [9.17, 15) is 9.18 Å². The van der Waals surface area contributed by atoms with E-state index >= 15 is 0 Å². The Labute approximate surface area is 119 Å². The van der Waals surface area contributed by atoms with Gasteiger partial charge in [-0.25, -0.2) is 4.39 Å². The number of amides is 1. The van der Waals surface area contributed by atoms with E-state index in [0.29, 0.717) is 22.2 Å². The number of hydrogen-bond donors (Lipinski definition) is 1. The summed E-state index contributed by atoms with van der Waals surface area (Å²) in [6.07, 6.45) is 0. The third kappa shape index (κ3) is 3.53. The third-order valence-corrected chi connectivity index (χ3v) is 3.40. The van der Waals surface area contributed by atoms with Crippen molar-refractivity contribution in [2.45, 2.75) is 0 Å². The number of hydrogen-bond acceptors (Lipinski definition) is 2. The van der Waals surface area contributed by atoms with Crippen molar-refractivity contribution >= 4 is 40.9 Å². The molecule has 0 saturated carbocycles. The maximum atomic E-state index is 13.1. The second-order valence-corrected chi connectivity index (χ2v) is 4.83. The summed E-state index contributed by atoms with van der Waals surface area (Å²) in [6, 6.07) is 4.49. The van der Waals surface area contributed by atoms with E-state index in [2.05, 4.69) is 5.32 Å². The van der Waals surface area contributed by atoms with Crippen LogP contribution in [0.25, 0.3) is 0 Å². The summed E-state index contributed by atoms with van der Waals surface area (Å²) < 4.78 is 13.5. The molecule has 0 bridgehead atoms. The predicted molar refractivity (Wildman–Crippen MR) is 75.1 cm³/mol. The Kier molecular flexibility index (Phi) is 5.61. The zero-order valence-electron chi connectivity index (χ0n) is 9.08. The molecule has 1 fully saturated rings. The lowest BCUT2D eigenvalue weighted by Crippen LogP contribution is -2.46. The molecule has 94 valence electrons. The minimum Gasteiger partial charge on any atom is -0.336 e. The van der Waals surface area contributed by atoms with Gasteiger partial charge in [-0.15, -0.1) is 12.4 Å². The number of carbonyl (C=O) groups excluding carboxylic acids is 1. The van der Waals surface area contributed by atoms with Crippen LogP contribution in [-0.4, -0.2) is 37.0 Å². The van der Waals surface area contributed by atoms with Crippen LogP contribution in [-0.2, 0) is 0 Å². The van der Waals surface area contributed by atoms with Crippen molar-refractivity contribution in [1.82, 2.24) is 10.2 Å². The molecule has 1 saturated heterocycles. The number of nitrogens with zero attached hydrogens (tertiary/aromatic N) is 1. The highest BCUT2D eigenvalue weighted by atomic mass is 127. The standard InChI is InChI=1S/C11H12FIN2O.ClH/c12-9-2-1-8(7-10(9)13)11(16)15-5-3-14-4-6-15;/h1-2,7,14H,3-6H2;1H. The number of halogens is 3. The molecule has 0 unspecified atom stereocenters. The Morgan fingerprint density at radius 3 is 2.59 bits per heavy atom. The van der Waals surface area contributed by atoms with Gasteiger partial charge in [0.2, 0.25) is 0 Å². The van der Waals surface area contributed by atoms with Gasteiger partial charge in [0.05, 0.1) is 0 Å². The summed E-state index contributed by atoms with van der Waals surface area (Å²) in [5, 5.41) is 3.19. The summed E-state index contributed by atoms with van der Waals surface area (Å²) in [7, 11) is 0. The Hall–Kier alpha value is -0.400. The molecule has 6 heteroatoms. The molecule has 1 aromatic rings. The first kappa shape index (κ1) is 14.7. The number of benzene rings is 1. The predicted octanol–water partition coefficient (Wildman–Crippen LogP) is 1.90. The highest BCUT2D eigenvalue weighted by Gasteiger charge is 2.18. The number of nitrogens with one attached hydrogen (secondary N) is 1. The van der Waals surface area contributed by atoms with Crippen molar-refractivity contribution < 1.29 is 9.18 Å². The quantitative estimate of drug-likeness (QED) is 0.766. The van der Waals surface area contributed by atoms with E-state index in [1.54, 1.807) is 17.0 Å². The highest BCUT2D eigenvalue weighted by molar-refractivity contribution is 14.1. The fourth-order valence-electron chi connectivity index (χ4n) is 1.68. The number of piperazine rings is 1. The highest BCUT2D eigenvalue weighted by Crippen LogP contribution is 2.14. The van der Waals surface area contributed by atoms with Gasteiger partial charge in [0, 0.05) is 35.3 Å². The second kappa shape index (κ2) is 6.51. The maximum absolute atomic E-state index is 13.1. The van der Waals surface area contributed by atoms with E-state index in [4.69, 9.17) is 0 Å². The molecule has 0 atom stereocenters. The average Bonchev–Trinajstić information content (AvgIpc) is 2.33. The molecule has 0 aromatic heterocycles. The molecule has 2 rings (SSSR count). The van der Waals surface area contributed by atoms with Gasteiger partial charge in [-0.2, -0.15) is 0 Å². The largest absolute Gasteiger partial charge is 0.336 e. The van der Waals surface area contributed by atoms with Crippen molar-refractivity contribution in [3.8, 4) is 0 Å². The molecule has 1 aromatic carbocycles. The van der Waals surface area contributed by atoms with Gasteiger partial charge in [0.1, 0.15) is 5.82 Å². The normalized spacial score (nSPS) is 15.3. The molecule has 1 amide bonds. The summed E-state index contributed by atoms with van der Waals surface area (Å²) in [6.45, 7) is 3.08. The number of carbonyl (C=O) groups is 1. The summed E-state index contributed by atoms with van der Waals surface area (Å²) in [5.41, 5.74) is 0.563. The molecule has 1 heterocycles. The Morgan fingerprint density at radius 2 is 2.00 bits per heavy atom. The SMILES string of the molecule is Cl.O=C(c1ccc(F)c(I)c1)N1CCNCC1. The minimum absolute atomic E-state index is 0. The van der Waals surface area contributed by atoms with Crippen molar-refractivity contribution in [3.05, 3.63) is 33.1 Å². The first-order chi connectivity index (χ1) is 7.68. The van der Waals surface area contributed by atoms with Crippen LogP contribution in [0.4, 0.5) is 4.39 Å². The lowest BCUT2D eigenvalue weighted by molar-refractivity contribution is 0.0735. The van der Waals surface area contributed by atoms with E-state index in [0.717, 1.165) is 13.1 Å². The van der Waals surface area contributed by atoms with Crippen LogP contribution < -0.4 is 5.32 Å². The van der Waals surface area contributed by atoms with Gasteiger partial charge in [0.15, 0.2) is 0 Å². The van der Waals surface area contributed by atoms with E-state index in [-0.39, 0.29) is 24.1 Å². The summed E-state index contributed by atoms with van der Waals surface area (Å²) in [4.78, 5) is 13.8. The van der Waals surface area contributed by atoms with Crippen LogP contribution in [0.2, 0.25) is 0 Å². The van der Waals surface area contributed by atoms with Gasteiger partial charge in [-0.3, -0.25) is 4.79 Å². The fourth-order valence-corrected chi connectivity index (χ4v) is 2.19. The lowest BCUT2D eigenvalue weighted by Gasteiger charge is -2.27. The van der Waals surface area contributed by atoms with Crippen LogP contribution in [0.1, 0.15) is 10.4 Å². The van der Waals surface area contributed by atoms with Crippen molar-refractivity contribution in [3.63, 3.8) is 0 Å². The maximum Gasteiger partial charge on any atom is 0.253 e. The smallest absolute Gasteiger partial charge is 0.253 e. The zero-order valence-corrected chi connectivity index (χ0v) is 12.1. The molecular weight excluding hydrogens is 357 g/mol. The Bertz CT molecular complexity index is 410. The second-order valence-electron chi connectivity index (χ2n) is 3.67. The van der Waals surface area contributed by atoms with Gasteiger partial charge in [-0.1, -0.05) is 0 Å². The molecule has 1 N–H and O–H groups in total. The summed E-state index contributed by atoms with van der Waals surface area (Å²) in [5.74, 6) is -0.295. The molecule has 3 nitrogen and oxygen atoms in total. The molecule has 0 spiro atoms. The van der Waals surface area contributed by atoms with Crippen molar-refractivity contribution in [1.29, 1.82) is 0 Å². The van der Waals surface area contributed by atoms with Gasteiger partial charge in [-0.05, 0) is 40.8 Å². The first-order valence-electron chi connectivity index (χ1n) is 5.13. The van der Waals surface area contributed by atoms with Crippen LogP contribution in [0.3, 0.4) is 0 Å². The lowest BCUT2D eigenvalue weighted by atomic mass is 10.2. The molecule has 17 heavy (non-hydrogen) atoms. The van der Waals surface area contributed by atoms with Crippen LogP contribution >= 0.6 is 35.0 Å². The molecule has 1 aliphatic rings. The Balaban J connectivity index is 0.00000144. The van der Waals surface area contributed by atoms with Gasteiger partial charge in [0.25, 0.3) is 5.91 Å². The topological polar surface area (TPSA) is 32.3 Å². The Morgan fingerprint density at radius 1 is 1.35 bits per heavy atom. The van der Waals surface area contributed by atoms with Gasteiger partial charge < -0.3 is 10.2 Å². The first-order valence-corrected chi connectivity index (χ1v) is 6.21. The van der Waals surface area contributed by atoms with Gasteiger partial charge >= 0.3 is 0 Å². The zero-order chi connectivity index (χ0) is 11.5. The minimum atomic E-state index is -0.280. The molecular formula is C11H13ClFIN2O. The van der Waals surface area contributed by atoms with E-state index < -0.39 is 0 Å². The van der Waals surface area contributed by atoms with Crippen LogP contribution in [0, 0.1) is 9.39 Å². The van der Waals surface area contributed by atoms with E-state index in [1.807, 2.05) is 22.6 Å². The third-order valence-electron chi connectivity index (χ3n) is 2.57. The molecule has 1 aliphatic heterocycles. The van der Waals surface area contributed by atoms with E-state index in [1.165, 1.54) is 6.07 Å². The monoisotopic (exact) mass is 370 g/mol. The van der Waals surface area contributed by atoms with Crippen molar-refractivity contribution in [2.24, 2.45) is 0 Å². The van der Waals surface area contributed by atoms with Crippen LogP contribution in [0.5, 0.6) is 0 Å².